The van der Waals surface area contributed by atoms with Gasteiger partial charge in [-0.3, -0.25) is 9.42 Å². The molecule has 0 aromatic rings. The van der Waals surface area contributed by atoms with Gasteiger partial charge in [0.15, 0.2) is 0 Å². The molecule has 1 saturated heterocycles. The fraction of sp³-hybridized carbons (Fsp3) is 0.905. The van der Waals surface area contributed by atoms with E-state index >= 15 is 0 Å². The van der Waals surface area contributed by atoms with E-state index in [-0.39, 0.29) is 49.2 Å². The lowest BCUT2D eigenvalue weighted by molar-refractivity contribution is -0.124. The number of nitrogens with two attached hydrogens (primary N) is 1. The first-order valence-electron chi connectivity index (χ1n) is 11.0. The van der Waals surface area contributed by atoms with E-state index in [0.29, 0.717) is 12.8 Å². The van der Waals surface area contributed by atoms with E-state index in [0.717, 1.165) is 0 Å². The quantitative estimate of drug-likeness (QED) is 0.311. The van der Waals surface area contributed by atoms with Gasteiger partial charge < -0.3 is 29.6 Å². The molecule has 0 spiro atoms. The number of phosphoric ester groups is 1. The van der Waals surface area contributed by atoms with E-state index < -0.39 is 31.5 Å². The van der Waals surface area contributed by atoms with Crippen LogP contribution in [0.3, 0.4) is 0 Å². The molecule has 1 saturated carbocycles. The minimum absolute atomic E-state index is 0.0305. The number of hydrogen-bond acceptors (Lipinski definition) is 8. The molecule has 10 heteroatoms. The van der Waals surface area contributed by atoms with Crippen molar-refractivity contribution >= 4 is 7.82 Å². The van der Waals surface area contributed by atoms with Crippen molar-refractivity contribution in [3.63, 3.8) is 0 Å². The summed E-state index contributed by atoms with van der Waals surface area (Å²) < 4.78 is 41.3. The Bertz CT molecular complexity index is 657. The molecule has 31 heavy (non-hydrogen) atoms. The Labute approximate surface area is 185 Å². The van der Waals surface area contributed by atoms with Crippen LogP contribution in [0.25, 0.3) is 0 Å². The van der Waals surface area contributed by atoms with E-state index in [4.69, 9.17) is 29.0 Å². The minimum Gasteiger partial charge on any atom is -0.409 e. The minimum atomic E-state index is -4.58. The van der Waals surface area contributed by atoms with Crippen LogP contribution in [-0.4, -0.2) is 65.4 Å². The summed E-state index contributed by atoms with van der Waals surface area (Å²) in [5.74, 6) is -0.726. The summed E-state index contributed by atoms with van der Waals surface area (Å²) in [5.41, 5.74) is 4.90. The molecular weight excluding hydrogens is 425 g/mol. The Morgan fingerprint density at radius 3 is 2.45 bits per heavy atom. The molecule has 4 N–H and O–H groups in total. The van der Waals surface area contributed by atoms with E-state index in [1.165, 1.54) is 0 Å². The summed E-state index contributed by atoms with van der Waals surface area (Å²) in [6.07, 6.45) is -1.37. The monoisotopic (exact) mass is 465 g/mol. The average Bonchev–Trinajstić information content (AvgIpc) is 3.07. The first-order valence-corrected chi connectivity index (χ1v) is 12.5. The van der Waals surface area contributed by atoms with Gasteiger partial charge in [0.25, 0.3) is 0 Å². The van der Waals surface area contributed by atoms with Crippen molar-refractivity contribution in [2.75, 3.05) is 13.2 Å². The summed E-state index contributed by atoms with van der Waals surface area (Å²) in [6, 6.07) is 0. The number of phosphoric acid groups is 1. The Kier molecular flexibility index (Phi) is 9.15. The van der Waals surface area contributed by atoms with Crippen molar-refractivity contribution in [2.24, 2.45) is 17.6 Å². The van der Waals surface area contributed by atoms with Crippen LogP contribution < -0.4 is 5.73 Å². The summed E-state index contributed by atoms with van der Waals surface area (Å²) in [5, 5.41) is 10.6. The van der Waals surface area contributed by atoms with Crippen molar-refractivity contribution in [1.82, 2.24) is 0 Å². The van der Waals surface area contributed by atoms with E-state index in [1.54, 1.807) is 0 Å². The zero-order valence-electron chi connectivity index (χ0n) is 19.5. The van der Waals surface area contributed by atoms with Crippen LogP contribution in [0.1, 0.15) is 54.4 Å². The number of hydrogen-bond donors (Lipinski definition) is 3. The average molecular weight is 466 g/mol. The van der Waals surface area contributed by atoms with Crippen LogP contribution in [0, 0.1) is 11.8 Å². The van der Waals surface area contributed by atoms with Crippen molar-refractivity contribution < 1.29 is 37.8 Å². The number of ether oxygens (including phenoxy) is 3. The Morgan fingerprint density at radius 1 is 1.26 bits per heavy atom. The molecule has 0 aromatic carbocycles. The van der Waals surface area contributed by atoms with Gasteiger partial charge in [-0.25, -0.2) is 4.57 Å². The van der Waals surface area contributed by atoms with Crippen molar-refractivity contribution in [1.29, 1.82) is 0 Å². The molecule has 0 amide bonds. The second-order valence-corrected chi connectivity index (χ2v) is 10.7. The maximum absolute atomic E-state index is 12.9. The Hall–Kier alpha value is -0.510. The first-order chi connectivity index (χ1) is 14.3. The van der Waals surface area contributed by atoms with Crippen LogP contribution in [-0.2, 0) is 27.8 Å². The third-order valence-electron chi connectivity index (χ3n) is 5.84. The molecule has 4 unspecified atom stereocenters. The number of rotatable bonds is 11. The summed E-state index contributed by atoms with van der Waals surface area (Å²) >= 11 is 0. The highest BCUT2D eigenvalue weighted by Crippen LogP contribution is 2.53. The topological polar surface area (TPSA) is 130 Å². The molecule has 1 heterocycles. The third kappa shape index (κ3) is 6.74. The lowest BCUT2D eigenvalue weighted by atomic mass is 9.97. The second kappa shape index (κ2) is 10.6. The lowest BCUT2D eigenvalue weighted by Gasteiger charge is -2.34. The predicted octanol–water partition coefficient (Wildman–Crippen LogP) is 2.74. The molecule has 2 rings (SSSR count). The predicted molar refractivity (Wildman–Crippen MR) is 116 cm³/mol. The van der Waals surface area contributed by atoms with Gasteiger partial charge in [-0.05, 0) is 47.0 Å². The normalized spacial score (nSPS) is 38.0. The molecule has 0 radical (unpaired) electrons. The van der Waals surface area contributed by atoms with Gasteiger partial charge in [0.2, 0.25) is 0 Å². The van der Waals surface area contributed by atoms with Gasteiger partial charge in [-0.15, -0.1) is 0 Å². The van der Waals surface area contributed by atoms with Crippen molar-refractivity contribution in [2.45, 2.75) is 96.6 Å². The third-order valence-corrected chi connectivity index (χ3v) is 6.83. The summed E-state index contributed by atoms with van der Waals surface area (Å²) in [4.78, 5) is 10.5. The molecule has 9 nitrogen and oxygen atoms in total. The maximum atomic E-state index is 12.9. The fourth-order valence-electron chi connectivity index (χ4n) is 4.36. The molecule has 2 aliphatic rings. The Balaban J connectivity index is 2.11. The summed E-state index contributed by atoms with van der Waals surface area (Å²) in [6.45, 7) is 15.3. The largest absolute Gasteiger partial charge is 0.527 e. The zero-order valence-corrected chi connectivity index (χ0v) is 20.4. The molecule has 2 fully saturated rings. The first kappa shape index (κ1) is 26.7. The molecule has 0 bridgehead atoms. The second-order valence-electron chi connectivity index (χ2n) is 9.37. The SMILES string of the molecule is C=C(OP(=O)(O)OC1C[C@H](C)O[C@]1(CN)COC(C)C)[C@@H]1C(OC(C)C)C[C@H](C)C1O. The van der Waals surface area contributed by atoms with Crippen LogP contribution in [0.15, 0.2) is 12.3 Å². The molecule has 1 aliphatic heterocycles. The molecule has 8 atom stereocenters. The molecule has 1 aliphatic carbocycles. The summed E-state index contributed by atoms with van der Waals surface area (Å²) in [7, 11) is -4.58. The zero-order chi connectivity index (χ0) is 23.6. The molecule has 0 aromatic heterocycles. The number of aliphatic hydroxyl groups is 1. The number of aliphatic hydroxyl groups excluding tert-OH is 1. The maximum Gasteiger partial charge on any atom is 0.527 e. The highest BCUT2D eigenvalue weighted by atomic mass is 31.2. The lowest BCUT2D eigenvalue weighted by Crippen LogP contribution is -2.51. The molecule has 182 valence electrons. The standard InChI is InChI=1S/C21H40NO8P/c1-12(2)26-11-21(10-22)18(9-15(6)28-21)30-31(24,25)29-16(7)19-17(27-13(3)4)8-14(5)20(19)23/h12-15,17-20,23H,7-11,22H2,1-6H3,(H,24,25)/t14-,15-,17?,18?,19+,20?,21+/m0/s1. The van der Waals surface area contributed by atoms with Crippen LogP contribution in [0.4, 0.5) is 0 Å². The molecular formula is C21H40NO8P. The van der Waals surface area contributed by atoms with Gasteiger partial charge in [0.1, 0.15) is 17.5 Å². The van der Waals surface area contributed by atoms with E-state index in [1.807, 2.05) is 41.5 Å². The highest BCUT2D eigenvalue weighted by molar-refractivity contribution is 7.47. The van der Waals surface area contributed by atoms with Gasteiger partial charge in [0, 0.05) is 13.0 Å². The van der Waals surface area contributed by atoms with E-state index in [2.05, 4.69) is 6.58 Å². The van der Waals surface area contributed by atoms with Crippen LogP contribution in [0.2, 0.25) is 0 Å². The van der Waals surface area contributed by atoms with Crippen LogP contribution >= 0.6 is 7.82 Å². The van der Waals surface area contributed by atoms with Gasteiger partial charge in [-0.2, -0.15) is 0 Å². The van der Waals surface area contributed by atoms with Gasteiger partial charge >= 0.3 is 7.82 Å². The van der Waals surface area contributed by atoms with Gasteiger partial charge in [-0.1, -0.05) is 13.5 Å². The fourth-order valence-corrected chi connectivity index (χ4v) is 5.42. The van der Waals surface area contributed by atoms with Gasteiger partial charge in [0.05, 0.1) is 43.0 Å². The highest BCUT2D eigenvalue weighted by Gasteiger charge is 2.52. The van der Waals surface area contributed by atoms with E-state index in [9.17, 15) is 14.6 Å². The van der Waals surface area contributed by atoms with Crippen molar-refractivity contribution in [3.8, 4) is 0 Å². The van der Waals surface area contributed by atoms with Crippen LogP contribution in [0.5, 0.6) is 0 Å². The smallest absolute Gasteiger partial charge is 0.409 e. The van der Waals surface area contributed by atoms with Crippen molar-refractivity contribution in [3.05, 3.63) is 12.3 Å². The Morgan fingerprint density at radius 2 is 1.90 bits per heavy atom.